The smallest absolute Gasteiger partial charge is 0.462 e. The number of allylic oxidation sites excluding steroid dienone is 14. The Kier molecular flexibility index (Phi) is 36.2. The second-order valence-corrected chi connectivity index (χ2v) is 14.5. The minimum Gasteiger partial charge on any atom is -0.462 e. The summed E-state index contributed by atoms with van der Waals surface area (Å²) in [6.45, 7) is 3.27. The number of aliphatic hydroxyl groups is 2. The molecule has 0 heterocycles. The van der Waals surface area contributed by atoms with Crippen LogP contribution in [-0.4, -0.2) is 63.5 Å². The molecule has 3 atom stereocenters. The van der Waals surface area contributed by atoms with Crippen LogP contribution in [0.4, 0.5) is 0 Å². The van der Waals surface area contributed by atoms with Crippen LogP contribution in [0.2, 0.25) is 0 Å². The molecule has 0 aliphatic carbocycles. The number of aliphatic hydroxyl groups excluding tert-OH is 2. The van der Waals surface area contributed by atoms with Gasteiger partial charge in [0.25, 0.3) is 0 Å². The molecule has 10 nitrogen and oxygen atoms in total. The highest BCUT2D eigenvalue weighted by Crippen LogP contribution is 2.36. The maximum Gasteiger partial charge on any atom is 0.469 e. The topological polar surface area (TPSA) is 160 Å². The molecule has 0 spiro atoms. The number of rotatable bonds is 35. The number of hydrogen-bond donors (Lipinski definition) is 4. The first-order chi connectivity index (χ1) is 27.1. The summed E-state index contributed by atoms with van der Waals surface area (Å²) in [5, 5.41) is 19.9. The largest absolute Gasteiger partial charge is 0.469 e. The Morgan fingerprint density at radius 3 is 1.84 bits per heavy atom. The predicted octanol–water partition coefficient (Wildman–Crippen LogP) is 10.3. The van der Waals surface area contributed by atoms with Crippen molar-refractivity contribution in [2.45, 2.75) is 148 Å². The van der Waals surface area contributed by atoms with Gasteiger partial charge in [0.15, 0.2) is 6.10 Å². The number of carbonyl (C=O) groups excluding carboxylic acids is 2. The molecule has 316 valence electrons. The van der Waals surface area contributed by atoms with Crippen molar-refractivity contribution < 1.29 is 48.2 Å². The summed E-state index contributed by atoms with van der Waals surface area (Å²) in [6.07, 6.45) is 47.4. The van der Waals surface area contributed by atoms with Crippen LogP contribution in [0.25, 0.3) is 0 Å². The number of phosphoric ester groups is 1. The van der Waals surface area contributed by atoms with Crippen LogP contribution in [0.15, 0.2) is 109 Å². The molecule has 0 saturated heterocycles. The van der Waals surface area contributed by atoms with Crippen molar-refractivity contribution in [1.29, 1.82) is 0 Å². The van der Waals surface area contributed by atoms with Crippen molar-refractivity contribution in [3.05, 3.63) is 109 Å². The fourth-order valence-corrected chi connectivity index (χ4v) is 5.24. The summed E-state index contributed by atoms with van der Waals surface area (Å²) in [5.41, 5.74) is 0. The van der Waals surface area contributed by atoms with Gasteiger partial charge in [-0.2, -0.15) is 0 Å². The molecule has 0 radical (unpaired) electrons. The molecule has 0 aromatic rings. The van der Waals surface area contributed by atoms with E-state index in [0.29, 0.717) is 32.1 Å². The quantitative estimate of drug-likeness (QED) is 0.0160. The van der Waals surface area contributed by atoms with Gasteiger partial charge < -0.3 is 29.5 Å². The van der Waals surface area contributed by atoms with E-state index in [4.69, 9.17) is 19.3 Å². The van der Waals surface area contributed by atoms with Crippen LogP contribution in [0.3, 0.4) is 0 Å². The summed E-state index contributed by atoms with van der Waals surface area (Å²) in [4.78, 5) is 42.8. The number of carbonyl (C=O) groups is 2. The van der Waals surface area contributed by atoms with E-state index in [0.717, 1.165) is 51.4 Å². The highest BCUT2D eigenvalue weighted by Gasteiger charge is 2.22. The monoisotopic (exact) mass is 802 g/mol. The summed E-state index contributed by atoms with van der Waals surface area (Å²) >= 11 is 0. The van der Waals surface area contributed by atoms with Crippen molar-refractivity contribution in [2.75, 3.05) is 13.2 Å². The number of phosphoric acid groups is 1. The number of hydrogen-bond acceptors (Lipinski definition) is 8. The Balaban J connectivity index is 4.27. The van der Waals surface area contributed by atoms with Crippen LogP contribution < -0.4 is 0 Å². The normalized spacial score (nSPS) is 14.8. The highest BCUT2D eigenvalue weighted by molar-refractivity contribution is 7.46. The zero-order chi connectivity index (χ0) is 41.4. The zero-order valence-corrected chi connectivity index (χ0v) is 34.8. The molecule has 4 N–H and O–H groups in total. The van der Waals surface area contributed by atoms with Crippen LogP contribution in [0, 0.1) is 0 Å². The fraction of sp³-hybridized carbons (Fsp3) is 0.556. The fourth-order valence-electron chi connectivity index (χ4n) is 4.88. The van der Waals surface area contributed by atoms with Gasteiger partial charge in [-0.15, -0.1) is 0 Å². The number of unbranched alkanes of at least 4 members (excludes halogenated alkanes) is 8. The minimum atomic E-state index is -4.82. The molecular formula is C45H71O10P. The standard InChI is InChI=1S/C45H71O10P/c1-3-5-7-8-9-10-11-12-13-14-15-16-17-18-22-25-31-38-45(49)55-43(40-54-56(50,51)52)39-53-44(48)37-32-26-30-36-42(47)35-29-24-21-19-20-23-28-34-41(46)33-27-6-4-2/h6,9-10,12-13,15-16,20-21,23-24,27-30,34-36,41-43,46-47H,3-5,7-8,11,14,17-19,22,25-26,31-33,37-40H2,1-2H3,(H2,50,51,52)/b10-9-,13-12-,16-15-,23-20-,24-21-,27-6-,34-28+,35-29+,36-30-/t41-,42-,43-/m1/s1. The Morgan fingerprint density at radius 1 is 0.589 bits per heavy atom. The summed E-state index contributed by atoms with van der Waals surface area (Å²) < 4.78 is 26.2. The average molecular weight is 803 g/mol. The van der Waals surface area contributed by atoms with Gasteiger partial charge in [0, 0.05) is 12.8 Å². The van der Waals surface area contributed by atoms with E-state index in [9.17, 15) is 24.4 Å². The first-order valence-corrected chi connectivity index (χ1v) is 21.9. The molecule has 0 rings (SSSR count). The lowest BCUT2D eigenvalue weighted by Crippen LogP contribution is -2.29. The molecule has 0 unspecified atom stereocenters. The third kappa shape index (κ3) is 40.3. The Hall–Kier alpha value is -3.37. The molecule has 0 saturated carbocycles. The Bertz CT molecular complexity index is 1300. The van der Waals surface area contributed by atoms with E-state index < -0.39 is 44.7 Å². The van der Waals surface area contributed by atoms with Gasteiger partial charge in [-0.3, -0.25) is 14.1 Å². The van der Waals surface area contributed by atoms with Gasteiger partial charge in [0.1, 0.15) is 6.61 Å². The molecule has 0 aliphatic heterocycles. The number of ether oxygens (including phenoxy) is 2. The maximum absolute atomic E-state index is 12.4. The number of esters is 2. The molecule has 11 heteroatoms. The first kappa shape index (κ1) is 52.6. The molecule has 0 aromatic carbocycles. The molecule has 0 fully saturated rings. The van der Waals surface area contributed by atoms with Gasteiger partial charge in [0.05, 0.1) is 18.8 Å². The van der Waals surface area contributed by atoms with Gasteiger partial charge in [-0.1, -0.05) is 149 Å². The second kappa shape index (κ2) is 38.5. The summed E-state index contributed by atoms with van der Waals surface area (Å²) in [5.74, 6) is -1.11. The Morgan fingerprint density at radius 2 is 1.18 bits per heavy atom. The third-order valence-electron chi connectivity index (χ3n) is 7.95. The van der Waals surface area contributed by atoms with Gasteiger partial charge in [-0.05, 0) is 77.0 Å². The third-order valence-corrected chi connectivity index (χ3v) is 8.44. The average Bonchev–Trinajstić information content (AvgIpc) is 3.16. The van der Waals surface area contributed by atoms with Crippen LogP contribution >= 0.6 is 7.82 Å². The van der Waals surface area contributed by atoms with E-state index in [1.807, 2.05) is 42.5 Å². The van der Waals surface area contributed by atoms with Gasteiger partial charge >= 0.3 is 19.8 Å². The van der Waals surface area contributed by atoms with Crippen LogP contribution in [0.1, 0.15) is 129 Å². The molecule has 56 heavy (non-hydrogen) atoms. The van der Waals surface area contributed by atoms with Crippen LogP contribution in [-0.2, 0) is 28.2 Å². The van der Waals surface area contributed by atoms with E-state index in [2.05, 4.69) is 54.8 Å². The summed E-state index contributed by atoms with van der Waals surface area (Å²) in [6, 6.07) is 0. The van der Waals surface area contributed by atoms with Gasteiger partial charge in [0.2, 0.25) is 0 Å². The van der Waals surface area contributed by atoms with Crippen molar-refractivity contribution in [3.63, 3.8) is 0 Å². The first-order valence-electron chi connectivity index (χ1n) is 20.4. The predicted molar refractivity (Wildman–Crippen MR) is 228 cm³/mol. The van der Waals surface area contributed by atoms with Gasteiger partial charge in [-0.25, -0.2) is 4.57 Å². The molecular weight excluding hydrogens is 731 g/mol. The lowest BCUT2D eigenvalue weighted by atomic mass is 10.1. The van der Waals surface area contributed by atoms with Crippen molar-refractivity contribution in [1.82, 2.24) is 0 Å². The van der Waals surface area contributed by atoms with E-state index in [-0.39, 0.29) is 19.4 Å². The highest BCUT2D eigenvalue weighted by atomic mass is 31.2. The molecule has 0 bridgehead atoms. The minimum absolute atomic E-state index is 0.0688. The van der Waals surface area contributed by atoms with E-state index >= 15 is 0 Å². The van der Waals surface area contributed by atoms with Crippen molar-refractivity contribution in [3.8, 4) is 0 Å². The lowest BCUT2D eigenvalue weighted by Gasteiger charge is -2.18. The summed E-state index contributed by atoms with van der Waals surface area (Å²) in [7, 11) is -4.82. The maximum atomic E-state index is 12.4. The van der Waals surface area contributed by atoms with Crippen molar-refractivity contribution in [2.24, 2.45) is 0 Å². The lowest BCUT2D eigenvalue weighted by molar-refractivity contribution is -0.161. The molecule has 0 aliphatic rings. The SMILES string of the molecule is CC/C=C\C[C@@H](O)/C=C/C=C\C/C=C\C=C\[C@@H](O)/C=C\CCCC(=O)OC[C@H](COP(=O)(O)O)OC(=O)CCCCCC/C=C\C/C=C\C/C=C\CCCCC. The Labute approximate surface area is 337 Å². The van der Waals surface area contributed by atoms with Crippen LogP contribution in [0.5, 0.6) is 0 Å². The van der Waals surface area contributed by atoms with E-state index in [1.165, 1.54) is 19.3 Å². The zero-order valence-electron chi connectivity index (χ0n) is 34.0. The van der Waals surface area contributed by atoms with E-state index in [1.54, 1.807) is 30.4 Å². The second-order valence-electron chi connectivity index (χ2n) is 13.3. The van der Waals surface area contributed by atoms with Crippen molar-refractivity contribution >= 4 is 19.8 Å². The molecule has 0 amide bonds. The molecule has 0 aromatic heterocycles.